The number of pyridine rings is 1. The number of nitrogens with one attached hydrogen (secondary N) is 1. The van der Waals surface area contributed by atoms with E-state index in [1.165, 1.54) is 11.1 Å². The van der Waals surface area contributed by atoms with E-state index in [1.54, 1.807) is 12.3 Å². The summed E-state index contributed by atoms with van der Waals surface area (Å²) in [6, 6.07) is 9.63. The molecule has 0 saturated heterocycles. The minimum absolute atomic E-state index is 0.0342. The Hall–Kier alpha value is -2.36. The average Bonchev–Trinajstić information content (AvgIpc) is 2.40. The molecule has 0 saturated carbocycles. The second-order valence-corrected chi connectivity index (χ2v) is 4.50. The van der Waals surface area contributed by atoms with Crippen LogP contribution in [0.1, 0.15) is 22.4 Å². The molecule has 4 nitrogen and oxygen atoms in total. The van der Waals surface area contributed by atoms with E-state index in [1.807, 2.05) is 24.3 Å². The van der Waals surface area contributed by atoms with Gasteiger partial charge in [0, 0.05) is 6.20 Å². The SMILES string of the molecule is Cc1ccc(OCc2ccnc(C(=N)N)c2)cc1C. The van der Waals surface area contributed by atoms with E-state index in [9.17, 15) is 0 Å². The molecule has 1 aromatic carbocycles. The Morgan fingerprint density at radius 1 is 1.21 bits per heavy atom. The van der Waals surface area contributed by atoms with Gasteiger partial charge in [0.1, 0.15) is 23.9 Å². The predicted octanol–water partition coefficient (Wildman–Crippen LogP) is 2.56. The van der Waals surface area contributed by atoms with Crippen LogP contribution in [0.25, 0.3) is 0 Å². The molecule has 0 unspecified atom stereocenters. The van der Waals surface area contributed by atoms with Gasteiger partial charge in [0.25, 0.3) is 0 Å². The molecule has 0 spiro atoms. The van der Waals surface area contributed by atoms with Crippen molar-refractivity contribution >= 4 is 5.84 Å². The van der Waals surface area contributed by atoms with Crippen LogP contribution >= 0.6 is 0 Å². The van der Waals surface area contributed by atoms with Gasteiger partial charge >= 0.3 is 0 Å². The molecular weight excluding hydrogens is 238 g/mol. The van der Waals surface area contributed by atoms with Gasteiger partial charge < -0.3 is 10.5 Å². The quantitative estimate of drug-likeness (QED) is 0.651. The molecule has 3 N–H and O–H groups in total. The van der Waals surface area contributed by atoms with Crippen LogP contribution in [0.2, 0.25) is 0 Å². The number of ether oxygens (including phenoxy) is 1. The normalized spacial score (nSPS) is 10.2. The maximum absolute atomic E-state index is 7.35. The molecule has 0 amide bonds. The molecule has 98 valence electrons. The van der Waals surface area contributed by atoms with Crippen molar-refractivity contribution in [2.24, 2.45) is 5.73 Å². The number of benzene rings is 1. The largest absolute Gasteiger partial charge is 0.489 e. The van der Waals surface area contributed by atoms with Crippen LogP contribution in [-0.4, -0.2) is 10.8 Å². The molecule has 0 radical (unpaired) electrons. The maximum Gasteiger partial charge on any atom is 0.141 e. The fourth-order valence-corrected chi connectivity index (χ4v) is 1.68. The summed E-state index contributed by atoms with van der Waals surface area (Å²) in [4.78, 5) is 4.01. The summed E-state index contributed by atoms with van der Waals surface area (Å²) in [6.07, 6.45) is 1.63. The number of hydrogen-bond donors (Lipinski definition) is 2. The van der Waals surface area contributed by atoms with Crippen molar-refractivity contribution in [3.8, 4) is 5.75 Å². The molecule has 1 aromatic heterocycles. The first-order valence-electron chi connectivity index (χ1n) is 6.05. The summed E-state index contributed by atoms with van der Waals surface area (Å²) in [7, 11) is 0. The molecule has 2 aromatic rings. The van der Waals surface area contributed by atoms with Gasteiger partial charge in [-0.25, -0.2) is 0 Å². The topological polar surface area (TPSA) is 72.0 Å². The van der Waals surface area contributed by atoms with E-state index in [2.05, 4.69) is 18.8 Å². The lowest BCUT2D eigenvalue weighted by atomic mass is 10.1. The highest BCUT2D eigenvalue weighted by Crippen LogP contribution is 2.17. The molecule has 1 heterocycles. The summed E-state index contributed by atoms with van der Waals surface area (Å²) < 4.78 is 5.72. The molecule has 0 aliphatic rings. The molecule has 0 bridgehead atoms. The Bertz CT molecular complexity index is 608. The third kappa shape index (κ3) is 3.31. The zero-order valence-electron chi connectivity index (χ0n) is 11.1. The average molecular weight is 255 g/mol. The van der Waals surface area contributed by atoms with Crippen LogP contribution in [0.3, 0.4) is 0 Å². The highest BCUT2D eigenvalue weighted by molar-refractivity contribution is 5.93. The van der Waals surface area contributed by atoms with E-state index in [0.29, 0.717) is 12.3 Å². The summed E-state index contributed by atoms with van der Waals surface area (Å²) in [5.41, 5.74) is 9.27. The first kappa shape index (κ1) is 13.1. The molecule has 0 aliphatic heterocycles. The number of aryl methyl sites for hydroxylation is 2. The van der Waals surface area contributed by atoms with Gasteiger partial charge in [-0.1, -0.05) is 6.07 Å². The molecule has 0 atom stereocenters. The summed E-state index contributed by atoms with van der Waals surface area (Å²) >= 11 is 0. The lowest BCUT2D eigenvalue weighted by Gasteiger charge is -2.09. The van der Waals surface area contributed by atoms with E-state index < -0.39 is 0 Å². The maximum atomic E-state index is 7.35. The standard InChI is InChI=1S/C15H17N3O/c1-10-3-4-13(7-11(10)2)19-9-12-5-6-18-14(8-12)15(16)17/h3-8H,9H2,1-2H3,(H3,16,17). The van der Waals surface area contributed by atoms with Gasteiger partial charge in [-0.15, -0.1) is 0 Å². The predicted molar refractivity (Wildman–Crippen MR) is 75.5 cm³/mol. The molecule has 19 heavy (non-hydrogen) atoms. The molecular formula is C15H17N3O. The molecule has 0 aliphatic carbocycles. The van der Waals surface area contributed by atoms with Crippen LogP contribution < -0.4 is 10.5 Å². The summed E-state index contributed by atoms with van der Waals surface area (Å²) in [5, 5.41) is 7.35. The number of aromatic nitrogens is 1. The lowest BCUT2D eigenvalue weighted by Crippen LogP contribution is -2.13. The highest BCUT2D eigenvalue weighted by atomic mass is 16.5. The lowest BCUT2D eigenvalue weighted by molar-refractivity contribution is 0.306. The van der Waals surface area contributed by atoms with Gasteiger partial charge in [-0.05, 0) is 54.8 Å². The number of hydrogen-bond acceptors (Lipinski definition) is 3. The number of amidine groups is 1. The van der Waals surface area contributed by atoms with Crippen molar-refractivity contribution in [1.82, 2.24) is 4.98 Å². The van der Waals surface area contributed by atoms with Crippen molar-refractivity contribution in [3.63, 3.8) is 0 Å². The monoisotopic (exact) mass is 255 g/mol. The number of nitrogens with zero attached hydrogens (tertiary/aromatic N) is 1. The van der Waals surface area contributed by atoms with Crippen LogP contribution in [0.4, 0.5) is 0 Å². The highest BCUT2D eigenvalue weighted by Gasteiger charge is 2.02. The van der Waals surface area contributed by atoms with Crippen LogP contribution in [-0.2, 0) is 6.61 Å². The third-order valence-electron chi connectivity index (χ3n) is 2.98. The number of rotatable bonds is 4. The van der Waals surface area contributed by atoms with Crippen LogP contribution in [0.5, 0.6) is 5.75 Å². The first-order valence-corrected chi connectivity index (χ1v) is 6.05. The Kier molecular flexibility index (Phi) is 3.80. The fourth-order valence-electron chi connectivity index (χ4n) is 1.68. The van der Waals surface area contributed by atoms with E-state index in [0.717, 1.165) is 11.3 Å². The van der Waals surface area contributed by atoms with Crippen molar-refractivity contribution < 1.29 is 4.74 Å². The Balaban J connectivity index is 2.07. The number of nitrogens with two attached hydrogens (primary N) is 1. The number of nitrogen functional groups attached to an aromatic ring is 1. The summed E-state index contributed by atoms with van der Waals surface area (Å²) in [6.45, 7) is 4.56. The van der Waals surface area contributed by atoms with Crippen LogP contribution in [0, 0.1) is 19.3 Å². The second kappa shape index (κ2) is 5.52. The molecule has 0 fully saturated rings. The van der Waals surface area contributed by atoms with Gasteiger partial charge in [0.15, 0.2) is 0 Å². The van der Waals surface area contributed by atoms with Crippen LogP contribution in [0.15, 0.2) is 36.5 Å². The minimum Gasteiger partial charge on any atom is -0.489 e. The van der Waals surface area contributed by atoms with Gasteiger partial charge in [-0.2, -0.15) is 0 Å². The van der Waals surface area contributed by atoms with Gasteiger partial charge in [0.05, 0.1) is 0 Å². The van der Waals surface area contributed by atoms with Gasteiger partial charge in [0.2, 0.25) is 0 Å². The van der Waals surface area contributed by atoms with Gasteiger partial charge in [-0.3, -0.25) is 10.4 Å². The van der Waals surface area contributed by atoms with Crippen molar-refractivity contribution in [1.29, 1.82) is 5.41 Å². The Morgan fingerprint density at radius 3 is 2.68 bits per heavy atom. The zero-order valence-corrected chi connectivity index (χ0v) is 11.1. The van der Waals surface area contributed by atoms with E-state index in [4.69, 9.17) is 15.9 Å². The zero-order chi connectivity index (χ0) is 13.8. The second-order valence-electron chi connectivity index (χ2n) is 4.50. The fraction of sp³-hybridized carbons (Fsp3) is 0.200. The van der Waals surface area contributed by atoms with E-state index >= 15 is 0 Å². The Morgan fingerprint density at radius 2 is 2.00 bits per heavy atom. The minimum atomic E-state index is -0.0342. The van der Waals surface area contributed by atoms with Crippen molar-refractivity contribution in [2.45, 2.75) is 20.5 Å². The summed E-state index contributed by atoms with van der Waals surface area (Å²) in [5.74, 6) is 0.803. The first-order chi connectivity index (χ1) is 9.06. The smallest absolute Gasteiger partial charge is 0.141 e. The Labute approximate surface area is 112 Å². The van der Waals surface area contributed by atoms with Crippen molar-refractivity contribution in [2.75, 3.05) is 0 Å². The van der Waals surface area contributed by atoms with Crippen molar-refractivity contribution in [3.05, 3.63) is 58.9 Å². The molecule has 4 heteroatoms. The molecule has 2 rings (SSSR count). The third-order valence-corrected chi connectivity index (χ3v) is 2.98. The van der Waals surface area contributed by atoms with E-state index in [-0.39, 0.29) is 5.84 Å².